The summed E-state index contributed by atoms with van der Waals surface area (Å²) in [6.07, 6.45) is 16.8. The van der Waals surface area contributed by atoms with Gasteiger partial charge in [0.05, 0.1) is 31.6 Å². The predicted octanol–water partition coefficient (Wildman–Crippen LogP) is 5.43. The third-order valence-electron chi connectivity index (χ3n) is 8.13. The number of imidazole rings is 1. The van der Waals surface area contributed by atoms with Crippen molar-refractivity contribution < 1.29 is 28.6 Å². The maximum absolute atomic E-state index is 12.7. The number of aliphatic hydroxyl groups excluding tert-OH is 1. The van der Waals surface area contributed by atoms with Crippen molar-refractivity contribution >= 4 is 42.2 Å². The minimum Gasteiger partial charge on any atom is -0.423 e. The maximum atomic E-state index is 12.7. The molecule has 7 N–H and O–H groups in total. The van der Waals surface area contributed by atoms with Crippen LogP contribution in [-0.4, -0.2) is 78.6 Å². The number of nitrogen functional groups attached to an aromatic ring is 1. The van der Waals surface area contributed by atoms with E-state index in [0.717, 1.165) is 18.4 Å². The van der Waals surface area contributed by atoms with Crippen molar-refractivity contribution in [2.45, 2.75) is 109 Å². The van der Waals surface area contributed by atoms with Gasteiger partial charge in [-0.05, 0) is 54.9 Å². The molecule has 1 unspecified atom stereocenters. The van der Waals surface area contributed by atoms with Crippen molar-refractivity contribution in [2.24, 2.45) is 5.73 Å². The quantitative estimate of drug-likeness (QED) is 0.0495. The molecule has 0 aliphatic carbocycles. The average molecular weight is 722 g/mol. The smallest absolute Gasteiger partial charge is 0.402 e. The number of nitrogens with zero attached hydrogens (tertiary/aromatic N) is 4. The number of carbonyl (C=O) groups excluding carboxylic acids is 1. The first-order valence-corrected chi connectivity index (χ1v) is 20.5. The SMILES string of the molecule is CCCCCCCCSCCCCCCCCNC(=O)[C@@H](N)Cc1ccc(OP(=O)(O)CO[C@H](CO)Cn2cnc3c(N)ncnc32)cc1. The van der Waals surface area contributed by atoms with Gasteiger partial charge in [-0.3, -0.25) is 4.79 Å². The number of aliphatic hydroxyl groups is 1. The van der Waals surface area contributed by atoms with E-state index < -0.39 is 32.7 Å². The Morgan fingerprint density at radius 2 is 1.63 bits per heavy atom. The molecule has 0 fully saturated rings. The molecular weight excluding hydrogens is 665 g/mol. The highest BCUT2D eigenvalue weighted by molar-refractivity contribution is 7.99. The van der Waals surface area contributed by atoms with E-state index in [1.807, 2.05) is 0 Å². The number of benzene rings is 1. The zero-order valence-corrected chi connectivity index (χ0v) is 30.6. The molecule has 13 nitrogen and oxygen atoms in total. The van der Waals surface area contributed by atoms with Gasteiger partial charge in [0.1, 0.15) is 17.6 Å². The van der Waals surface area contributed by atoms with Gasteiger partial charge < -0.3 is 40.6 Å². The number of thioether (sulfide) groups is 1. The number of rotatable bonds is 27. The minimum absolute atomic E-state index is 0.116. The number of ether oxygens (including phenoxy) is 1. The Bertz CT molecular complexity index is 1410. The summed E-state index contributed by atoms with van der Waals surface area (Å²) >= 11 is 2.10. The Morgan fingerprint density at radius 1 is 0.980 bits per heavy atom. The number of nitrogens with one attached hydrogen (secondary N) is 1. The van der Waals surface area contributed by atoms with Crippen LogP contribution in [0.2, 0.25) is 0 Å². The van der Waals surface area contributed by atoms with Crippen LogP contribution in [-0.2, 0) is 27.1 Å². The van der Waals surface area contributed by atoms with E-state index >= 15 is 0 Å². The molecule has 2 heterocycles. The van der Waals surface area contributed by atoms with Crippen molar-refractivity contribution in [3.63, 3.8) is 0 Å². The van der Waals surface area contributed by atoms with E-state index in [1.54, 1.807) is 28.8 Å². The molecule has 49 heavy (non-hydrogen) atoms. The molecule has 0 bridgehead atoms. The number of anilines is 1. The molecule has 3 aromatic rings. The Hall–Kier alpha value is -2.74. The second-order valence-corrected chi connectivity index (χ2v) is 15.3. The van der Waals surface area contributed by atoms with Crippen molar-refractivity contribution in [3.05, 3.63) is 42.5 Å². The van der Waals surface area contributed by atoms with Gasteiger partial charge >= 0.3 is 7.60 Å². The Morgan fingerprint density at radius 3 is 2.31 bits per heavy atom. The van der Waals surface area contributed by atoms with Crippen LogP contribution in [0, 0.1) is 0 Å². The van der Waals surface area contributed by atoms with E-state index in [4.69, 9.17) is 20.7 Å². The largest absolute Gasteiger partial charge is 0.423 e. The maximum Gasteiger partial charge on any atom is 0.402 e. The van der Waals surface area contributed by atoms with Gasteiger partial charge in [-0.25, -0.2) is 19.5 Å². The number of amides is 1. The van der Waals surface area contributed by atoms with Gasteiger partial charge in [-0.2, -0.15) is 11.8 Å². The molecule has 0 saturated carbocycles. The fourth-order valence-corrected chi connectivity index (χ4v) is 7.23. The van der Waals surface area contributed by atoms with E-state index in [2.05, 4.69) is 39.0 Å². The molecule has 0 saturated heterocycles. The molecule has 0 radical (unpaired) electrons. The fraction of sp³-hybridized carbons (Fsp3) is 0.647. The number of hydrogen-bond donors (Lipinski definition) is 5. The summed E-state index contributed by atoms with van der Waals surface area (Å²) in [4.78, 5) is 35.1. The van der Waals surface area contributed by atoms with Crippen LogP contribution in [0.5, 0.6) is 5.75 Å². The third kappa shape index (κ3) is 15.8. The molecule has 3 rings (SSSR count). The summed E-state index contributed by atoms with van der Waals surface area (Å²) in [6, 6.07) is 5.78. The molecule has 1 aromatic carbocycles. The number of unbranched alkanes of at least 4 members (excludes halogenated alkanes) is 10. The standard InChI is InChI=1S/C34H56N7O6PS/c1-2-3-4-5-9-12-19-49-20-13-10-7-6-8-11-18-37-34(43)30(35)21-27-14-16-28(17-15-27)47-48(44,45)26-46-29(23-42)22-41-25-40-31-32(36)38-24-39-33(31)41/h14-17,24-25,29-30,42H,2-13,18-23,26,35H2,1H3,(H,37,43)(H,44,45)(H2,36,38,39)/t29-,30-/m0/s1. The molecular formula is C34H56N7O6PS. The lowest BCUT2D eigenvalue weighted by Gasteiger charge is -2.19. The van der Waals surface area contributed by atoms with Crippen molar-refractivity contribution in [1.29, 1.82) is 0 Å². The van der Waals surface area contributed by atoms with Crippen LogP contribution < -0.4 is 21.3 Å². The summed E-state index contributed by atoms with van der Waals surface area (Å²) in [5.74, 6) is 2.75. The second kappa shape index (κ2) is 22.9. The fourth-order valence-electron chi connectivity index (χ4n) is 5.30. The number of nitrogens with two attached hydrogens (primary N) is 2. The molecule has 15 heteroatoms. The van der Waals surface area contributed by atoms with E-state index in [0.29, 0.717) is 24.1 Å². The highest BCUT2D eigenvalue weighted by atomic mass is 32.2. The lowest BCUT2D eigenvalue weighted by atomic mass is 10.1. The summed E-state index contributed by atoms with van der Waals surface area (Å²) in [6.45, 7) is 2.57. The molecule has 274 valence electrons. The highest BCUT2D eigenvalue weighted by Crippen LogP contribution is 2.43. The van der Waals surface area contributed by atoms with E-state index in [-0.39, 0.29) is 24.0 Å². The zero-order chi connectivity index (χ0) is 35.3. The summed E-state index contributed by atoms with van der Waals surface area (Å²) in [5.41, 5.74) is 13.6. The van der Waals surface area contributed by atoms with Crippen LogP contribution in [0.1, 0.15) is 89.5 Å². The Balaban J connectivity index is 1.25. The first-order valence-electron chi connectivity index (χ1n) is 17.6. The molecule has 0 aliphatic heterocycles. The van der Waals surface area contributed by atoms with Crippen LogP contribution in [0.15, 0.2) is 36.9 Å². The summed E-state index contributed by atoms with van der Waals surface area (Å²) in [5, 5.41) is 12.7. The summed E-state index contributed by atoms with van der Waals surface area (Å²) < 4.78 is 25.1. The minimum atomic E-state index is -4.22. The van der Waals surface area contributed by atoms with Gasteiger partial charge in [-0.1, -0.05) is 76.8 Å². The van der Waals surface area contributed by atoms with Gasteiger partial charge in [0.25, 0.3) is 0 Å². The third-order valence-corrected chi connectivity index (χ3v) is 10.3. The number of fused-ring (bicyclic) bond motifs is 1. The van der Waals surface area contributed by atoms with E-state index in [1.165, 1.54) is 88.4 Å². The molecule has 0 spiro atoms. The number of hydrogen-bond acceptors (Lipinski definition) is 11. The average Bonchev–Trinajstić information content (AvgIpc) is 3.50. The lowest BCUT2D eigenvalue weighted by molar-refractivity contribution is -0.122. The summed E-state index contributed by atoms with van der Waals surface area (Å²) in [7, 11) is -4.22. The van der Waals surface area contributed by atoms with Gasteiger partial charge in [-0.15, -0.1) is 0 Å². The van der Waals surface area contributed by atoms with E-state index in [9.17, 15) is 19.4 Å². The monoisotopic (exact) mass is 721 g/mol. The van der Waals surface area contributed by atoms with Gasteiger partial charge in [0.15, 0.2) is 17.8 Å². The normalized spacial score (nSPS) is 14.0. The lowest BCUT2D eigenvalue weighted by Crippen LogP contribution is -2.42. The van der Waals surface area contributed by atoms with Crippen LogP contribution >= 0.6 is 19.4 Å². The number of aromatic nitrogens is 4. The van der Waals surface area contributed by atoms with Crippen molar-refractivity contribution in [3.8, 4) is 5.75 Å². The van der Waals surface area contributed by atoms with Crippen LogP contribution in [0.25, 0.3) is 11.2 Å². The molecule has 3 atom stereocenters. The first-order chi connectivity index (χ1) is 23.7. The molecule has 2 aromatic heterocycles. The van der Waals surface area contributed by atoms with Gasteiger partial charge in [0.2, 0.25) is 5.91 Å². The van der Waals surface area contributed by atoms with Crippen molar-refractivity contribution in [1.82, 2.24) is 24.8 Å². The zero-order valence-electron chi connectivity index (χ0n) is 28.9. The predicted molar refractivity (Wildman–Crippen MR) is 197 cm³/mol. The second-order valence-electron chi connectivity index (χ2n) is 12.4. The van der Waals surface area contributed by atoms with Crippen LogP contribution in [0.3, 0.4) is 0 Å². The first kappa shape index (κ1) is 40.7. The molecule has 1 amide bonds. The van der Waals surface area contributed by atoms with Gasteiger partial charge in [0, 0.05) is 6.54 Å². The topological polar surface area (TPSA) is 201 Å². The van der Waals surface area contributed by atoms with Crippen molar-refractivity contribution in [2.75, 3.05) is 36.7 Å². The van der Waals surface area contributed by atoms with Crippen LogP contribution in [0.4, 0.5) is 5.82 Å². The number of carbonyl (C=O) groups is 1. The Labute approximate surface area is 294 Å². The molecule has 0 aliphatic rings. The Kier molecular flexibility index (Phi) is 19.0. The highest BCUT2D eigenvalue weighted by Gasteiger charge is 2.25.